The number of nitrogens with zero attached hydrogens (tertiary/aromatic N) is 7. The molecule has 2 atom stereocenters. The van der Waals surface area contributed by atoms with Gasteiger partial charge in [0.15, 0.2) is 5.13 Å². The predicted molar refractivity (Wildman–Crippen MR) is 224 cm³/mol. The van der Waals surface area contributed by atoms with Gasteiger partial charge in [-0.25, -0.2) is 23.9 Å². The van der Waals surface area contributed by atoms with Gasteiger partial charge < -0.3 is 24.2 Å². The molecule has 14 nitrogen and oxygen atoms in total. The maximum atomic E-state index is 15.4. The summed E-state index contributed by atoms with van der Waals surface area (Å²) < 4.78 is 28.3. The van der Waals surface area contributed by atoms with Crippen molar-refractivity contribution in [2.75, 3.05) is 35.3 Å². The van der Waals surface area contributed by atoms with E-state index in [-0.39, 0.29) is 57.6 Å². The van der Waals surface area contributed by atoms with Gasteiger partial charge in [0.1, 0.15) is 39.9 Å². The van der Waals surface area contributed by atoms with Crippen molar-refractivity contribution in [3.63, 3.8) is 0 Å². The summed E-state index contributed by atoms with van der Waals surface area (Å²) in [7, 11) is 1.55. The normalized spacial score (nSPS) is 17.2. The maximum Gasteiger partial charge on any atom is 0.413 e. The number of aromatic nitrogens is 4. The molecule has 1 aromatic carbocycles. The van der Waals surface area contributed by atoms with E-state index in [1.165, 1.54) is 21.6 Å². The highest BCUT2D eigenvalue weighted by atomic mass is 35.5. The summed E-state index contributed by atoms with van der Waals surface area (Å²) in [6, 6.07) is 5.02. The minimum atomic E-state index is -0.853. The molecule has 0 radical (unpaired) electrons. The summed E-state index contributed by atoms with van der Waals surface area (Å²) in [5.41, 5.74) is 1.26. The van der Waals surface area contributed by atoms with E-state index in [0.717, 1.165) is 16.9 Å². The number of nitrogens with one attached hydrogen (secondary N) is 1. The quantitative estimate of drug-likeness (QED) is 0.187. The van der Waals surface area contributed by atoms with Gasteiger partial charge in [0.2, 0.25) is 0 Å². The SMILES string of the molecule is Cc1ccnc(C(C)C)c1-n1c(=O)c2c(c3cc(Cl)c(-c4ccc(F)c5nc(NC(=O)OC(C)(C)C)sc45)nc31)N1C[C@@H](C)N(C(=O)OC(C)(C)C)C[C@@H]1C(=O)N2C. The monoisotopic (exact) mass is 832 g/mol. The molecule has 2 aliphatic heterocycles. The van der Waals surface area contributed by atoms with Crippen LogP contribution in [-0.2, 0) is 14.3 Å². The molecule has 3 amide bonds. The summed E-state index contributed by atoms with van der Waals surface area (Å²) in [6.45, 7) is 18.4. The minimum absolute atomic E-state index is 0.0142. The van der Waals surface area contributed by atoms with Crippen molar-refractivity contribution in [3.8, 4) is 16.9 Å². The number of ether oxygens (including phenoxy) is 2. The number of halogens is 2. The van der Waals surface area contributed by atoms with Gasteiger partial charge in [-0.1, -0.05) is 36.8 Å². The summed E-state index contributed by atoms with van der Waals surface area (Å²) >= 11 is 8.22. The Morgan fingerprint density at radius 1 is 1.00 bits per heavy atom. The zero-order chi connectivity index (χ0) is 42.3. The first-order chi connectivity index (χ1) is 27.1. The Bertz CT molecular complexity index is 2600. The number of benzene rings is 1. The molecule has 1 fully saturated rings. The van der Waals surface area contributed by atoms with Crippen LogP contribution in [-0.4, -0.2) is 85.9 Å². The number of carbonyl (C=O) groups is 3. The fourth-order valence-electron chi connectivity index (χ4n) is 7.48. The van der Waals surface area contributed by atoms with E-state index < -0.39 is 46.8 Å². The fourth-order valence-corrected chi connectivity index (χ4v) is 8.71. The average Bonchev–Trinajstić information content (AvgIpc) is 3.53. The lowest BCUT2D eigenvalue weighted by atomic mass is 9.98. The van der Waals surface area contributed by atoms with Crippen molar-refractivity contribution in [1.29, 1.82) is 0 Å². The number of fused-ring (bicyclic) bond motifs is 6. The Hall–Kier alpha value is -5.35. The first-order valence-electron chi connectivity index (χ1n) is 18.9. The topological polar surface area (TPSA) is 152 Å². The molecule has 4 aromatic heterocycles. The van der Waals surface area contributed by atoms with Crippen LogP contribution in [0.2, 0.25) is 5.02 Å². The highest BCUT2D eigenvalue weighted by Crippen LogP contribution is 2.45. The van der Waals surface area contributed by atoms with Crippen molar-refractivity contribution in [3.05, 3.63) is 62.9 Å². The largest absolute Gasteiger partial charge is 0.444 e. The molecule has 0 aliphatic carbocycles. The number of piperazine rings is 1. The number of hydrogen-bond acceptors (Lipinski definition) is 11. The van der Waals surface area contributed by atoms with Gasteiger partial charge in [-0.15, -0.1) is 0 Å². The molecule has 17 heteroatoms. The first kappa shape index (κ1) is 40.8. The lowest BCUT2D eigenvalue weighted by Crippen LogP contribution is -2.66. The zero-order valence-corrected chi connectivity index (χ0v) is 35.8. The number of hydrogen-bond donors (Lipinski definition) is 1. The highest BCUT2D eigenvalue weighted by Gasteiger charge is 2.47. The van der Waals surface area contributed by atoms with Gasteiger partial charge in [-0.3, -0.25) is 24.5 Å². The van der Waals surface area contributed by atoms with Crippen LogP contribution in [0, 0.1) is 12.7 Å². The number of thiazole rings is 1. The number of likely N-dealkylation sites (N-methyl/N-ethyl adjacent to an activating group) is 1. The summed E-state index contributed by atoms with van der Waals surface area (Å²) in [5.74, 6) is -1.11. The zero-order valence-electron chi connectivity index (χ0n) is 34.3. The Kier molecular flexibility index (Phi) is 10.2. The number of amides is 3. The number of carbonyl (C=O) groups excluding carboxylic acids is 3. The van der Waals surface area contributed by atoms with E-state index in [4.69, 9.17) is 26.1 Å². The van der Waals surface area contributed by atoms with Crippen LogP contribution in [0.3, 0.4) is 0 Å². The second-order valence-electron chi connectivity index (χ2n) is 17.0. The summed E-state index contributed by atoms with van der Waals surface area (Å²) in [6.07, 6.45) is 0.394. The Morgan fingerprint density at radius 2 is 1.69 bits per heavy atom. The molecule has 0 spiro atoms. The third-order valence-corrected chi connectivity index (χ3v) is 11.2. The molecule has 306 valence electrons. The minimum Gasteiger partial charge on any atom is -0.444 e. The Morgan fingerprint density at radius 3 is 2.34 bits per heavy atom. The lowest BCUT2D eigenvalue weighted by molar-refractivity contribution is -0.121. The van der Waals surface area contributed by atoms with Gasteiger partial charge in [-0.05, 0) is 91.1 Å². The Balaban J connectivity index is 1.49. The van der Waals surface area contributed by atoms with Crippen LogP contribution in [0.15, 0.2) is 35.3 Å². The first-order valence-corrected chi connectivity index (χ1v) is 20.1. The molecule has 0 bridgehead atoms. The van der Waals surface area contributed by atoms with Crippen LogP contribution in [0.4, 0.5) is 30.5 Å². The molecule has 58 heavy (non-hydrogen) atoms. The third kappa shape index (κ3) is 7.20. The molecule has 1 N–H and O–H groups in total. The van der Waals surface area contributed by atoms with E-state index in [9.17, 15) is 14.4 Å². The standard InChI is InChI=1S/C41H46ClFN8O6S/c1-19(2)27-30(20(3)14-15-44-27)51-34-23(31-32(36(51)53)48(11)35(52)26-18-49(21(4)17-50(26)31)39(55)57-41(8,9)10)16-24(42)28(45-34)22-12-13-25(43)29-33(22)58-37(46-29)47-38(54)56-40(5,6)7/h12-16,19,21,26H,17-18H2,1-11H3,(H,46,47,54)/t21-,26-/m1/s1. The van der Waals surface area contributed by atoms with Crippen LogP contribution in [0.1, 0.15) is 79.5 Å². The van der Waals surface area contributed by atoms with Crippen molar-refractivity contribution in [2.24, 2.45) is 0 Å². The third-order valence-electron chi connectivity index (χ3n) is 9.94. The van der Waals surface area contributed by atoms with Crippen LogP contribution >= 0.6 is 22.9 Å². The molecule has 2 aliphatic rings. The van der Waals surface area contributed by atoms with E-state index >= 15 is 9.18 Å². The smallest absolute Gasteiger partial charge is 0.413 e. The van der Waals surface area contributed by atoms with Gasteiger partial charge >= 0.3 is 12.2 Å². The molecule has 5 aromatic rings. The van der Waals surface area contributed by atoms with Crippen LogP contribution < -0.4 is 20.7 Å². The lowest BCUT2D eigenvalue weighted by Gasteiger charge is -2.49. The van der Waals surface area contributed by atoms with E-state index in [1.54, 1.807) is 71.8 Å². The molecule has 7 rings (SSSR count). The number of pyridine rings is 3. The van der Waals surface area contributed by atoms with E-state index in [2.05, 4.69) is 15.3 Å². The van der Waals surface area contributed by atoms with Gasteiger partial charge in [-0.2, -0.15) is 0 Å². The number of aryl methyl sites for hydroxylation is 1. The van der Waals surface area contributed by atoms with Crippen molar-refractivity contribution < 1.29 is 28.2 Å². The molecule has 1 saturated heterocycles. The number of anilines is 3. The molecule has 0 saturated carbocycles. The van der Waals surface area contributed by atoms with Gasteiger partial charge in [0.25, 0.3) is 11.5 Å². The molecule has 6 heterocycles. The highest BCUT2D eigenvalue weighted by molar-refractivity contribution is 7.22. The summed E-state index contributed by atoms with van der Waals surface area (Å²) in [5, 5.41) is 3.34. The van der Waals surface area contributed by atoms with Crippen LogP contribution in [0.25, 0.3) is 38.2 Å². The second-order valence-corrected chi connectivity index (χ2v) is 18.4. The van der Waals surface area contributed by atoms with Gasteiger partial charge in [0, 0.05) is 36.8 Å². The van der Waals surface area contributed by atoms with E-state index in [0.29, 0.717) is 32.7 Å². The van der Waals surface area contributed by atoms with Crippen LogP contribution in [0.5, 0.6) is 0 Å². The maximum absolute atomic E-state index is 15.4. The molecular formula is C41H46ClFN8O6S. The second kappa shape index (κ2) is 14.5. The number of rotatable bonds is 4. The molecule has 0 unspecified atom stereocenters. The Labute approximate surface area is 343 Å². The summed E-state index contributed by atoms with van der Waals surface area (Å²) in [4.78, 5) is 74.5. The van der Waals surface area contributed by atoms with Crippen molar-refractivity contribution >= 4 is 78.8 Å². The van der Waals surface area contributed by atoms with E-state index in [1.807, 2.05) is 32.6 Å². The average molecular weight is 833 g/mol. The van der Waals surface area contributed by atoms with Crippen molar-refractivity contribution in [1.82, 2.24) is 24.4 Å². The van der Waals surface area contributed by atoms with Crippen molar-refractivity contribution in [2.45, 2.75) is 98.4 Å². The fraction of sp³-hybridized carbons (Fsp3) is 0.439. The molecular weight excluding hydrogens is 787 g/mol. The predicted octanol–water partition coefficient (Wildman–Crippen LogP) is 8.42. The van der Waals surface area contributed by atoms with Gasteiger partial charge in [0.05, 0.1) is 39.0 Å².